The Morgan fingerprint density at radius 2 is 1.05 bits per heavy atom. The first-order valence-corrected chi connectivity index (χ1v) is 24.4. The number of allylic oxidation sites excluding steroid dienone is 4. The van der Waals surface area contributed by atoms with Crippen LogP contribution >= 0.6 is 23.2 Å². The van der Waals surface area contributed by atoms with Crippen LogP contribution in [0.5, 0.6) is 17.2 Å². The summed E-state index contributed by atoms with van der Waals surface area (Å²) in [5, 5.41) is 0. The highest BCUT2D eigenvalue weighted by atomic mass is 32.2. The van der Waals surface area contributed by atoms with Gasteiger partial charge >= 0.3 is 0 Å². The third-order valence-corrected chi connectivity index (χ3v) is 15.7. The van der Waals surface area contributed by atoms with Gasteiger partial charge in [0.05, 0.1) is 11.4 Å². The van der Waals surface area contributed by atoms with Crippen LogP contribution < -0.4 is 35.7 Å². The van der Waals surface area contributed by atoms with Gasteiger partial charge in [0.15, 0.2) is 0 Å². The second kappa shape index (κ2) is 16.5. The molecule has 4 aliphatic heterocycles. The Balaban J connectivity index is 1.03. The molecule has 0 aromatic heterocycles. The Bertz CT molecular complexity index is 3210. The first-order chi connectivity index (χ1) is 32.4. The molecule has 316 valence electrons. The van der Waals surface area contributed by atoms with Crippen LogP contribution in [0.3, 0.4) is 0 Å². The molecular formula is C58H44B2N2O2S2. The standard InChI is InChI=1S/C58H44B2N2O2S2/c1-37(2)54-57-49(59-55(39(4)63-57)47(45-29-17-19-31-52(45)65-59)33-38(3)61(40-21-9-5-10-22-40)41-23-11-6-12-24-41)36-50-58(54)64-51-35-44(34-48-46-30-18-20-32-53(46)66-60(50)56(48)51)62(42-25-13-7-14-26-42)43-27-15-8-16-28-43/h5-37H,3H2,1-2,4H3/b47-33-. The molecule has 4 aliphatic rings. The van der Waals surface area contributed by atoms with Gasteiger partial charge in [0, 0.05) is 49.9 Å². The Kier molecular flexibility index (Phi) is 10.1. The number of nitrogens with zero attached hydrogens (tertiary/aromatic N) is 2. The summed E-state index contributed by atoms with van der Waals surface area (Å²) in [6.45, 7) is 11.4. The molecule has 0 unspecified atom stereocenters. The molecule has 0 N–H and O–H groups in total. The van der Waals surface area contributed by atoms with E-state index in [1.165, 1.54) is 48.3 Å². The van der Waals surface area contributed by atoms with Crippen molar-refractivity contribution in [2.75, 3.05) is 9.80 Å². The van der Waals surface area contributed by atoms with E-state index in [4.69, 9.17) is 16.1 Å². The van der Waals surface area contributed by atoms with E-state index in [1.807, 2.05) is 23.2 Å². The van der Waals surface area contributed by atoms with E-state index in [9.17, 15) is 0 Å². The summed E-state index contributed by atoms with van der Waals surface area (Å²) in [4.78, 5) is 7.07. The molecule has 0 saturated carbocycles. The number of para-hydroxylation sites is 4. The van der Waals surface area contributed by atoms with Gasteiger partial charge in [-0.3, -0.25) is 0 Å². The summed E-state index contributed by atoms with van der Waals surface area (Å²) in [5.74, 6) is 3.68. The predicted molar refractivity (Wildman–Crippen MR) is 281 cm³/mol. The van der Waals surface area contributed by atoms with Gasteiger partial charge in [-0.05, 0) is 130 Å². The molecule has 12 rings (SSSR count). The van der Waals surface area contributed by atoms with Crippen molar-refractivity contribution in [3.63, 3.8) is 0 Å². The van der Waals surface area contributed by atoms with Gasteiger partial charge in [-0.15, -0.1) is 0 Å². The second-order valence-electron chi connectivity index (χ2n) is 17.4. The zero-order valence-corrected chi connectivity index (χ0v) is 38.6. The summed E-state index contributed by atoms with van der Waals surface area (Å²) in [6.07, 6.45) is 2.27. The fraction of sp³-hybridized carbons (Fsp3) is 0.0690. The summed E-state index contributed by atoms with van der Waals surface area (Å²) < 4.78 is 14.6. The molecule has 0 atom stereocenters. The second-order valence-corrected chi connectivity index (χ2v) is 19.7. The number of ether oxygens (including phenoxy) is 2. The van der Waals surface area contributed by atoms with Crippen molar-refractivity contribution in [1.82, 2.24) is 0 Å². The van der Waals surface area contributed by atoms with Gasteiger partial charge in [0.2, 0.25) is 0 Å². The molecule has 8 aromatic carbocycles. The topological polar surface area (TPSA) is 24.9 Å². The average molecular weight is 887 g/mol. The lowest BCUT2D eigenvalue weighted by Crippen LogP contribution is -2.50. The Labute approximate surface area is 396 Å². The summed E-state index contributed by atoms with van der Waals surface area (Å²) in [6, 6.07) is 66.9. The van der Waals surface area contributed by atoms with E-state index in [0.717, 1.165) is 68.3 Å². The van der Waals surface area contributed by atoms with Crippen LogP contribution in [0.4, 0.5) is 28.4 Å². The van der Waals surface area contributed by atoms with Crippen molar-refractivity contribution in [3.8, 4) is 28.4 Å². The lowest BCUT2D eigenvalue weighted by atomic mass is 9.51. The normalized spacial score (nSPS) is 14.5. The minimum Gasteiger partial charge on any atom is -0.463 e. The molecule has 4 nitrogen and oxygen atoms in total. The SMILES string of the molecule is C=C(/C=C1\C2=C(C)Oc3c(cc4c(c3C(C)C)Oc3cc(N(c5ccccc5)c5ccccc5)cc5c3B4Sc3ccccc3-5)B2Sc2ccccc21)N(c1ccccc1)c1ccccc1. The van der Waals surface area contributed by atoms with Gasteiger partial charge in [-0.2, -0.15) is 23.2 Å². The smallest absolute Gasteiger partial charge is 0.289 e. The van der Waals surface area contributed by atoms with Crippen molar-refractivity contribution in [1.29, 1.82) is 0 Å². The third kappa shape index (κ3) is 6.73. The maximum atomic E-state index is 7.40. The first-order valence-electron chi connectivity index (χ1n) is 22.6. The lowest BCUT2D eigenvalue weighted by Gasteiger charge is -2.39. The van der Waals surface area contributed by atoms with Gasteiger partial charge in [-0.25, -0.2) is 0 Å². The Morgan fingerprint density at radius 3 is 1.65 bits per heavy atom. The predicted octanol–water partition coefficient (Wildman–Crippen LogP) is 14.2. The van der Waals surface area contributed by atoms with Crippen LogP contribution in [0.15, 0.2) is 227 Å². The highest BCUT2D eigenvalue weighted by Crippen LogP contribution is 2.52. The van der Waals surface area contributed by atoms with Gasteiger partial charge in [0.1, 0.15) is 17.2 Å². The average Bonchev–Trinajstić information content (AvgIpc) is 3.35. The maximum absolute atomic E-state index is 7.40. The number of hydrogen-bond acceptors (Lipinski definition) is 6. The Morgan fingerprint density at radius 1 is 0.545 bits per heavy atom. The first kappa shape index (κ1) is 40.5. The summed E-state index contributed by atoms with van der Waals surface area (Å²) >= 11 is 3.85. The molecule has 66 heavy (non-hydrogen) atoms. The molecular weight excluding hydrogens is 842 g/mol. The van der Waals surface area contributed by atoms with Crippen molar-refractivity contribution in [2.24, 2.45) is 0 Å². The minimum absolute atomic E-state index is 0.00354. The van der Waals surface area contributed by atoms with Crippen LogP contribution in [0, 0.1) is 0 Å². The van der Waals surface area contributed by atoms with Crippen LogP contribution in [-0.4, -0.2) is 12.0 Å². The van der Waals surface area contributed by atoms with Gasteiger partial charge < -0.3 is 19.3 Å². The number of anilines is 5. The molecule has 8 heteroatoms. The van der Waals surface area contributed by atoms with E-state index in [-0.39, 0.29) is 17.9 Å². The number of fused-ring (bicyclic) bond motifs is 8. The largest absolute Gasteiger partial charge is 0.463 e. The molecule has 8 aromatic rings. The zero-order valence-electron chi connectivity index (χ0n) is 36.9. The quantitative estimate of drug-likeness (QED) is 0.141. The van der Waals surface area contributed by atoms with Crippen molar-refractivity contribution >= 4 is 85.6 Å². The summed E-state index contributed by atoms with van der Waals surface area (Å²) in [5.41, 5.74) is 16.8. The highest BCUT2D eigenvalue weighted by Gasteiger charge is 2.46. The molecule has 0 aliphatic carbocycles. The molecule has 0 radical (unpaired) electrons. The van der Waals surface area contributed by atoms with Crippen molar-refractivity contribution in [3.05, 3.63) is 229 Å². The number of hydrogen-bond donors (Lipinski definition) is 0. The fourth-order valence-electron chi connectivity index (χ4n) is 10.2. The molecule has 0 saturated heterocycles. The van der Waals surface area contributed by atoms with E-state index < -0.39 is 0 Å². The maximum Gasteiger partial charge on any atom is 0.289 e. The van der Waals surface area contributed by atoms with Crippen LogP contribution in [0.25, 0.3) is 16.7 Å². The Hall–Kier alpha value is -6.99. The van der Waals surface area contributed by atoms with Crippen LogP contribution in [-0.2, 0) is 0 Å². The zero-order chi connectivity index (χ0) is 44.5. The number of rotatable bonds is 8. The van der Waals surface area contributed by atoms with Crippen molar-refractivity contribution in [2.45, 2.75) is 36.5 Å². The van der Waals surface area contributed by atoms with E-state index in [1.54, 1.807) is 0 Å². The minimum atomic E-state index is -0.0261. The van der Waals surface area contributed by atoms with E-state index in [2.05, 4.69) is 225 Å². The molecule has 0 fully saturated rings. The fourth-order valence-corrected chi connectivity index (χ4v) is 13.0. The molecule has 0 amide bonds. The lowest BCUT2D eigenvalue weighted by molar-refractivity contribution is 0.410. The third-order valence-electron chi connectivity index (χ3n) is 13.0. The molecule has 0 spiro atoms. The number of benzene rings is 8. The van der Waals surface area contributed by atoms with E-state index >= 15 is 0 Å². The summed E-state index contributed by atoms with van der Waals surface area (Å²) in [7, 11) is 0. The highest BCUT2D eigenvalue weighted by molar-refractivity contribution is 8.28. The van der Waals surface area contributed by atoms with Gasteiger partial charge in [-0.1, -0.05) is 136 Å². The van der Waals surface area contributed by atoms with Crippen molar-refractivity contribution < 1.29 is 9.47 Å². The van der Waals surface area contributed by atoms with E-state index in [0.29, 0.717) is 0 Å². The molecule has 4 heterocycles. The van der Waals surface area contributed by atoms with Crippen LogP contribution in [0.1, 0.15) is 37.8 Å². The van der Waals surface area contributed by atoms with Crippen LogP contribution in [0.2, 0.25) is 0 Å². The molecule has 0 bridgehead atoms. The monoisotopic (exact) mass is 886 g/mol. The van der Waals surface area contributed by atoms with Gasteiger partial charge in [0.25, 0.3) is 12.0 Å².